The van der Waals surface area contributed by atoms with Crippen molar-refractivity contribution in [3.05, 3.63) is 17.5 Å². The normalized spacial score (nSPS) is 14.1. The van der Waals surface area contributed by atoms with Crippen LogP contribution in [0.3, 0.4) is 0 Å². The molecule has 1 aliphatic heterocycles. The number of ether oxygens (including phenoxy) is 1. The number of rotatable bonds is 3. The van der Waals surface area contributed by atoms with E-state index in [1.807, 2.05) is 18.1 Å². The Morgan fingerprint density at radius 3 is 3.21 bits per heavy atom. The zero-order valence-corrected chi connectivity index (χ0v) is 8.23. The Labute approximate surface area is 82.9 Å². The third-order valence-corrected chi connectivity index (χ3v) is 2.24. The van der Waals surface area contributed by atoms with Crippen molar-refractivity contribution in [1.82, 2.24) is 9.97 Å². The molecule has 5 heteroatoms. The molecule has 2 N–H and O–H groups in total. The van der Waals surface area contributed by atoms with Gasteiger partial charge in [0.1, 0.15) is 0 Å². The second kappa shape index (κ2) is 3.89. The lowest BCUT2D eigenvalue weighted by Crippen LogP contribution is -2.26. The summed E-state index contributed by atoms with van der Waals surface area (Å²) in [4.78, 5) is 10.6. The molecule has 5 nitrogen and oxygen atoms in total. The topological polar surface area (TPSA) is 64.3 Å². The minimum Gasteiger partial charge on any atom is -0.370 e. The molecule has 0 aliphatic carbocycles. The second-order valence-corrected chi connectivity index (χ2v) is 3.34. The Morgan fingerprint density at radius 2 is 2.43 bits per heavy atom. The lowest BCUT2D eigenvalue weighted by atomic mass is 10.3. The largest absolute Gasteiger partial charge is 0.370 e. The maximum Gasteiger partial charge on any atom is 0.225 e. The predicted octanol–water partition coefficient (Wildman–Crippen LogP) is -0.0983. The van der Waals surface area contributed by atoms with Crippen LogP contribution in [0.25, 0.3) is 0 Å². The fourth-order valence-corrected chi connectivity index (χ4v) is 1.41. The van der Waals surface area contributed by atoms with Crippen molar-refractivity contribution in [2.24, 2.45) is 5.73 Å². The zero-order chi connectivity index (χ0) is 9.97. The van der Waals surface area contributed by atoms with Crippen LogP contribution in [0.2, 0.25) is 0 Å². The summed E-state index contributed by atoms with van der Waals surface area (Å²) in [7, 11) is 1.93. The molecule has 76 valence electrons. The highest BCUT2D eigenvalue weighted by Crippen LogP contribution is 2.18. The molecule has 0 amide bonds. The minimum atomic E-state index is 0.599. The van der Waals surface area contributed by atoms with Gasteiger partial charge in [0.15, 0.2) is 0 Å². The van der Waals surface area contributed by atoms with Gasteiger partial charge in [-0.05, 0) is 0 Å². The zero-order valence-electron chi connectivity index (χ0n) is 8.23. The summed E-state index contributed by atoms with van der Waals surface area (Å²) in [6.07, 6.45) is 1.83. The van der Waals surface area contributed by atoms with Gasteiger partial charge in [-0.3, -0.25) is 0 Å². The van der Waals surface area contributed by atoms with Crippen LogP contribution in [0.15, 0.2) is 6.20 Å². The van der Waals surface area contributed by atoms with Crippen molar-refractivity contribution in [1.29, 1.82) is 0 Å². The number of hydrogen-bond donors (Lipinski definition) is 1. The van der Waals surface area contributed by atoms with Crippen molar-refractivity contribution in [2.75, 3.05) is 25.0 Å². The molecule has 0 fully saturated rings. The van der Waals surface area contributed by atoms with Crippen molar-refractivity contribution in [3.63, 3.8) is 0 Å². The number of hydrogen-bond acceptors (Lipinski definition) is 5. The lowest BCUT2D eigenvalue weighted by Gasteiger charge is -2.15. The van der Waals surface area contributed by atoms with Crippen LogP contribution in [-0.2, 0) is 18.0 Å². The van der Waals surface area contributed by atoms with Gasteiger partial charge in [0.05, 0.1) is 18.9 Å². The van der Waals surface area contributed by atoms with Crippen LogP contribution in [0.1, 0.15) is 11.3 Å². The molecule has 0 saturated heterocycles. The second-order valence-electron chi connectivity index (χ2n) is 3.34. The number of fused-ring (bicyclic) bond motifs is 1. The first-order chi connectivity index (χ1) is 6.81. The number of nitrogens with two attached hydrogens (primary N) is 1. The standard InChI is InChI=1S/C9H14N4O/c1-13(3-2-10)9-11-4-7-5-14-6-8(7)12-9/h4H,2-3,5-6,10H2,1H3. The maximum atomic E-state index is 5.46. The fourth-order valence-electron chi connectivity index (χ4n) is 1.41. The molecule has 0 bridgehead atoms. The summed E-state index contributed by atoms with van der Waals surface area (Å²) >= 11 is 0. The van der Waals surface area contributed by atoms with Crippen molar-refractivity contribution >= 4 is 5.95 Å². The quantitative estimate of drug-likeness (QED) is 0.728. The molecule has 0 unspecified atom stereocenters. The van der Waals surface area contributed by atoms with E-state index in [1.165, 1.54) is 0 Å². The van der Waals surface area contributed by atoms with Gasteiger partial charge in [0, 0.05) is 31.9 Å². The van der Waals surface area contributed by atoms with E-state index < -0.39 is 0 Å². The molecular weight excluding hydrogens is 180 g/mol. The van der Waals surface area contributed by atoms with Crippen molar-refractivity contribution < 1.29 is 4.74 Å². The van der Waals surface area contributed by atoms with Gasteiger partial charge < -0.3 is 15.4 Å². The number of anilines is 1. The van der Waals surface area contributed by atoms with Gasteiger partial charge in [0.2, 0.25) is 5.95 Å². The summed E-state index contributed by atoms with van der Waals surface area (Å²) in [5, 5.41) is 0. The third kappa shape index (κ3) is 1.69. The van der Waals surface area contributed by atoms with Crippen molar-refractivity contribution in [3.8, 4) is 0 Å². The monoisotopic (exact) mass is 194 g/mol. The van der Waals surface area contributed by atoms with Gasteiger partial charge in [-0.2, -0.15) is 0 Å². The maximum absolute atomic E-state index is 5.46. The first-order valence-corrected chi connectivity index (χ1v) is 4.65. The third-order valence-electron chi connectivity index (χ3n) is 2.24. The molecular formula is C9H14N4O. The fraction of sp³-hybridized carbons (Fsp3) is 0.556. The van der Waals surface area contributed by atoms with E-state index in [9.17, 15) is 0 Å². The molecule has 1 aromatic rings. The average molecular weight is 194 g/mol. The van der Waals surface area contributed by atoms with E-state index >= 15 is 0 Å². The van der Waals surface area contributed by atoms with Gasteiger partial charge in [-0.1, -0.05) is 0 Å². The van der Waals surface area contributed by atoms with Gasteiger partial charge in [-0.15, -0.1) is 0 Å². The van der Waals surface area contributed by atoms with E-state index in [-0.39, 0.29) is 0 Å². The molecule has 2 heterocycles. The van der Waals surface area contributed by atoms with E-state index in [0.29, 0.717) is 19.8 Å². The van der Waals surface area contributed by atoms with Crippen LogP contribution in [0.4, 0.5) is 5.95 Å². The highest BCUT2D eigenvalue weighted by molar-refractivity contribution is 5.32. The summed E-state index contributed by atoms with van der Waals surface area (Å²) in [6.45, 7) is 2.60. The minimum absolute atomic E-state index is 0.599. The molecule has 1 aliphatic rings. The average Bonchev–Trinajstić information content (AvgIpc) is 2.64. The van der Waals surface area contributed by atoms with Gasteiger partial charge >= 0.3 is 0 Å². The molecule has 1 aromatic heterocycles. The Kier molecular flexibility index (Phi) is 2.60. The summed E-state index contributed by atoms with van der Waals surface area (Å²) in [5.41, 5.74) is 7.55. The lowest BCUT2D eigenvalue weighted by molar-refractivity contribution is 0.133. The molecule has 0 saturated carbocycles. The first kappa shape index (κ1) is 9.36. The Morgan fingerprint density at radius 1 is 1.57 bits per heavy atom. The molecule has 0 atom stereocenters. The van der Waals surface area contributed by atoms with Crippen LogP contribution in [0, 0.1) is 0 Å². The van der Waals surface area contributed by atoms with Gasteiger partial charge in [-0.25, -0.2) is 9.97 Å². The molecule has 2 rings (SSSR count). The Bertz CT molecular complexity index is 329. The smallest absolute Gasteiger partial charge is 0.225 e. The molecule has 0 spiro atoms. The van der Waals surface area contributed by atoms with Crippen LogP contribution in [-0.4, -0.2) is 30.1 Å². The number of aromatic nitrogens is 2. The van der Waals surface area contributed by atoms with Crippen LogP contribution in [0.5, 0.6) is 0 Å². The highest BCUT2D eigenvalue weighted by atomic mass is 16.5. The van der Waals surface area contributed by atoms with Crippen LogP contribution >= 0.6 is 0 Å². The molecule has 0 aromatic carbocycles. The number of likely N-dealkylation sites (N-methyl/N-ethyl adjacent to an activating group) is 1. The van der Waals surface area contributed by atoms with Crippen LogP contribution < -0.4 is 10.6 Å². The summed E-state index contributed by atoms with van der Waals surface area (Å²) in [6, 6.07) is 0. The Hall–Kier alpha value is -1.20. The Balaban J connectivity index is 2.19. The van der Waals surface area contributed by atoms with Crippen molar-refractivity contribution in [2.45, 2.75) is 13.2 Å². The molecule has 14 heavy (non-hydrogen) atoms. The first-order valence-electron chi connectivity index (χ1n) is 4.65. The molecule has 0 radical (unpaired) electrons. The van der Waals surface area contributed by atoms with E-state index in [0.717, 1.165) is 23.8 Å². The van der Waals surface area contributed by atoms with Gasteiger partial charge in [0.25, 0.3) is 0 Å². The number of nitrogens with zero attached hydrogens (tertiary/aromatic N) is 3. The SMILES string of the molecule is CN(CCN)c1ncc2c(n1)COC2. The van der Waals surface area contributed by atoms with E-state index in [1.54, 1.807) is 0 Å². The summed E-state index contributed by atoms with van der Waals surface area (Å²) in [5.74, 6) is 0.722. The highest BCUT2D eigenvalue weighted by Gasteiger charge is 2.15. The summed E-state index contributed by atoms with van der Waals surface area (Å²) < 4.78 is 5.26. The predicted molar refractivity (Wildman–Crippen MR) is 52.8 cm³/mol. The van der Waals surface area contributed by atoms with E-state index in [4.69, 9.17) is 10.5 Å². The van der Waals surface area contributed by atoms with E-state index in [2.05, 4.69) is 9.97 Å².